The van der Waals surface area contributed by atoms with Gasteiger partial charge >= 0.3 is 11.9 Å². The molecule has 160 valence electrons. The molecule has 7 nitrogen and oxygen atoms in total. The summed E-state index contributed by atoms with van der Waals surface area (Å²) in [5.74, 6) is 4.49. The van der Waals surface area contributed by atoms with Gasteiger partial charge in [0.1, 0.15) is 12.4 Å². The van der Waals surface area contributed by atoms with E-state index < -0.39 is 17.5 Å². The lowest BCUT2D eigenvalue weighted by atomic mass is 9.92. The first-order valence-electron chi connectivity index (χ1n) is 10.3. The molecule has 0 amide bonds. The zero-order valence-electron chi connectivity index (χ0n) is 17.1. The third kappa shape index (κ3) is 8.30. The Balaban J connectivity index is 1.73. The molecule has 1 saturated carbocycles. The lowest BCUT2D eigenvalue weighted by molar-refractivity contribution is -0.165. The highest BCUT2D eigenvalue weighted by Crippen LogP contribution is 2.20. The molecule has 2 rings (SSSR count). The number of ether oxygens (including phenoxy) is 2. The summed E-state index contributed by atoms with van der Waals surface area (Å²) < 4.78 is 16.3. The van der Waals surface area contributed by atoms with E-state index in [4.69, 9.17) is 24.7 Å². The van der Waals surface area contributed by atoms with Gasteiger partial charge in [-0.25, -0.2) is 9.59 Å². The van der Waals surface area contributed by atoms with Crippen molar-refractivity contribution < 1.29 is 28.6 Å². The van der Waals surface area contributed by atoms with Crippen LogP contribution in [0, 0.1) is 11.8 Å². The van der Waals surface area contributed by atoms with Crippen molar-refractivity contribution in [1.29, 1.82) is 0 Å². The molecule has 7 heteroatoms. The molecule has 29 heavy (non-hydrogen) atoms. The van der Waals surface area contributed by atoms with Gasteiger partial charge in [0.2, 0.25) is 0 Å². The standard InChI is InChI=1S/C22H31NO6/c1-2-22(23,16-28-21(26)20(24)25)14-13-19-12-11-18(29-19)10-6-7-15-27-17-8-4-3-5-9-17/h11-12,17H,2-5,7-9,13-16,23H2,1H3,(H,24,25)/t22-/m1/s1. The van der Waals surface area contributed by atoms with E-state index in [1.807, 2.05) is 19.1 Å². The Labute approximate surface area is 171 Å². The fraction of sp³-hybridized carbons (Fsp3) is 0.636. The Bertz CT molecular complexity index is 725. The molecule has 1 atom stereocenters. The van der Waals surface area contributed by atoms with Crippen molar-refractivity contribution in [3.63, 3.8) is 0 Å². The van der Waals surface area contributed by atoms with Crippen molar-refractivity contribution in [2.75, 3.05) is 13.2 Å². The molecule has 1 aliphatic carbocycles. The maximum atomic E-state index is 11.1. The number of rotatable bonds is 9. The Morgan fingerprint density at radius 1 is 1.31 bits per heavy atom. The van der Waals surface area contributed by atoms with Crippen LogP contribution in [0.1, 0.15) is 69.8 Å². The van der Waals surface area contributed by atoms with E-state index in [2.05, 4.69) is 11.8 Å². The maximum Gasteiger partial charge on any atom is 0.417 e. The lowest BCUT2D eigenvalue weighted by Gasteiger charge is -2.26. The second-order valence-electron chi connectivity index (χ2n) is 7.55. The topological polar surface area (TPSA) is 112 Å². The molecule has 0 unspecified atom stereocenters. The largest absolute Gasteiger partial charge is 0.473 e. The number of carbonyl (C=O) groups is 2. The first-order chi connectivity index (χ1) is 13.9. The molecule has 0 radical (unpaired) electrons. The van der Waals surface area contributed by atoms with Gasteiger partial charge in [-0.3, -0.25) is 0 Å². The minimum atomic E-state index is -1.62. The average molecular weight is 405 g/mol. The normalized spacial score (nSPS) is 16.5. The van der Waals surface area contributed by atoms with E-state index in [0.717, 1.165) is 18.6 Å². The second-order valence-corrected chi connectivity index (χ2v) is 7.55. The van der Waals surface area contributed by atoms with E-state index in [9.17, 15) is 9.59 Å². The molecular formula is C22H31NO6. The van der Waals surface area contributed by atoms with Crippen molar-refractivity contribution >= 4 is 11.9 Å². The summed E-state index contributed by atoms with van der Waals surface area (Å²) in [6.45, 7) is 2.36. The quantitative estimate of drug-likeness (QED) is 0.281. The van der Waals surface area contributed by atoms with Crippen LogP contribution in [-0.4, -0.2) is 41.9 Å². The molecule has 1 aromatic rings. The highest BCUT2D eigenvalue weighted by molar-refractivity contribution is 6.28. The van der Waals surface area contributed by atoms with Crippen LogP contribution in [0.15, 0.2) is 16.5 Å². The third-order valence-corrected chi connectivity index (χ3v) is 5.24. The Hall–Kier alpha value is -2.30. The number of hydrogen-bond acceptors (Lipinski definition) is 6. The minimum absolute atomic E-state index is 0.150. The average Bonchev–Trinajstić information content (AvgIpc) is 3.19. The van der Waals surface area contributed by atoms with E-state index in [1.54, 1.807) is 0 Å². The van der Waals surface area contributed by atoms with Crippen molar-refractivity contribution in [3.05, 3.63) is 23.7 Å². The minimum Gasteiger partial charge on any atom is -0.473 e. The fourth-order valence-electron chi connectivity index (χ4n) is 3.23. The number of aliphatic carboxylic acids is 1. The second kappa shape index (κ2) is 11.6. The van der Waals surface area contributed by atoms with Crippen LogP contribution in [0.2, 0.25) is 0 Å². The molecule has 1 aromatic heterocycles. The maximum absolute atomic E-state index is 11.1. The summed E-state index contributed by atoms with van der Waals surface area (Å²) in [6, 6.07) is 3.67. The van der Waals surface area contributed by atoms with Gasteiger partial charge in [0.05, 0.1) is 18.2 Å². The van der Waals surface area contributed by atoms with Crippen LogP contribution in [-0.2, 0) is 25.5 Å². The van der Waals surface area contributed by atoms with Gasteiger partial charge in [0.25, 0.3) is 0 Å². The van der Waals surface area contributed by atoms with Gasteiger partial charge in [-0.15, -0.1) is 0 Å². The summed E-state index contributed by atoms with van der Waals surface area (Å²) in [5, 5.41) is 8.58. The zero-order valence-corrected chi connectivity index (χ0v) is 17.1. The predicted molar refractivity (Wildman–Crippen MR) is 107 cm³/mol. The number of aryl methyl sites for hydroxylation is 1. The number of nitrogens with two attached hydrogens (primary N) is 1. The molecule has 0 aliphatic heterocycles. The number of hydrogen-bond donors (Lipinski definition) is 2. The van der Waals surface area contributed by atoms with Crippen LogP contribution in [0.4, 0.5) is 0 Å². The lowest BCUT2D eigenvalue weighted by Crippen LogP contribution is -2.45. The molecule has 1 heterocycles. The number of carboxylic acid groups (broad SMARTS) is 1. The number of carboxylic acids is 1. The molecule has 0 saturated heterocycles. The summed E-state index contributed by atoms with van der Waals surface area (Å²) >= 11 is 0. The number of carbonyl (C=O) groups excluding carboxylic acids is 1. The molecule has 1 aliphatic rings. The Kier molecular flexibility index (Phi) is 9.23. The summed E-state index contributed by atoms with van der Waals surface area (Å²) in [5.41, 5.74) is 5.42. The Morgan fingerprint density at radius 3 is 2.76 bits per heavy atom. The predicted octanol–water partition coefficient (Wildman–Crippen LogP) is 3.04. The van der Waals surface area contributed by atoms with Gasteiger partial charge < -0.3 is 24.7 Å². The molecule has 1 fully saturated rings. The van der Waals surface area contributed by atoms with E-state index in [0.29, 0.717) is 44.2 Å². The molecule has 3 N–H and O–H groups in total. The zero-order chi connectivity index (χ0) is 21.1. The van der Waals surface area contributed by atoms with Crippen LogP contribution >= 0.6 is 0 Å². The Morgan fingerprint density at radius 2 is 2.07 bits per heavy atom. The van der Waals surface area contributed by atoms with Gasteiger partial charge in [-0.2, -0.15) is 0 Å². The number of furan rings is 1. The van der Waals surface area contributed by atoms with Crippen molar-refractivity contribution in [3.8, 4) is 11.8 Å². The SMILES string of the molecule is CC[C@@](N)(CCc1ccc(C#CCCOC2CCCCC2)o1)COC(=O)C(=O)O. The smallest absolute Gasteiger partial charge is 0.417 e. The summed E-state index contributed by atoms with van der Waals surface area (Å²) in [7, 11) is 0. The van der Waals surface area contributed by atoms with Crippen molar-refractivity contribution in [1.82, 2.24) is 0 Å². The fourth-order valence-corrected chi connectivity index (χ4v) is 3.23. The van der Waals surface area contributed by atoms with Crippen molar-refractivity contribution in [2.45, 2.75) is 76.4 Å². The monoisotopic (exact) mass is 405 g/mol. The van der Waals surface area contributed by atoms with Crippen LogP contribution in [0.25, 0.3) is 0 Å². The van der Waals surface area contributed by atoms with Crippen LogP contribution in [0.5, 0.6) is 0 Å². The van der Waals surface area contributed by atoms with E-state index in [-0.39, 0.29) is 6.61 Å². The van der Waals surface area contributed by atoms with E-state index >= 15 is 0 Å². The van der Waals surface area contributed by atoms with Crippen LogP contribution in [0.3, 0.4) is 0 Å². The van der Waals surface area contributed by atoms with E-state index in [1.165, 1.54) is 19.3 Å². The molecule has 0 bridgehead atoms. The van der Waals surface area contributed by atoms with Crippen LogP contribution < -0.4 is 5.73 Å². The van der Waals surface area contributed by atoms with Gasteiger partial charge in [0, 0.05) is 12.8 Å². The number of esters is 1. The van der Waals surface area contributed by atoms with Gasteiger partial charge in [0.15, 0.2) is 5.76 Å². The van der Waals surface area contributed by atoms with Crippen molar-refractivity contribution in [2.24, 2.45) is 5.73 Å². The molecule has 0 spiro atoms. The highest BCUT2D eigenvalue weighted by atomic mass is 16.6. The summed E-state index contributed by atoms with van der Waals surface area (Å²) in [4.78, 5) is 21.6. The third-order valence-electron chi connectivity index (χ3n) is 5.24. The van der Waals surface area contributed by atoms with Gasteiger partial charge in [-0.1, -0.05) is 32.1 Å². The van der Waals surface area contributed by atoms with Gasteiger partial charge in [-0.05, 0) is 43.7 Å². The first-order valence-corrected chi connectivity index (χ1v) is 10.3. The highest BCUT2D eigenvalue weighted by Gasteiger charge is 2.27. The first kappa shape index (κ1) is 23.0. The molecular weight excluding hydrogens is 374 g/mol. The summed E-state index contributed by atoms with van der Waals surface area (Å²) in [6.07, 6.45) is 8.79. The molecule has 0 aromatic carbocycles.